The first-order chi connectivity index (χ1) is 8.69. The molecule has 1 aromatic carbocycles. The SMILES string of the molecule is CCOCc1ccccc1CNC(=O)[C@H](N)CC. The molecule has 100 valence electrons. The summed E-state index contributed by atoms with van der Waals surface area (Å²) >= 11 is 0. The quantitative estimate of drug-likeness (QED) is 0.772. The van der Waals surface area contributed by atoms with Crippen molar-refractivity contribution in [3.8, 4) is 0 Å². The van der Waals surface area contributed by atoms with E-state index in [0.29, 0.717) is 26.2 Å². The van der Waals surface area contributed by atoms with Gasteiger partial charge in [-0.25, -0.2) is 0 Å². The van der Waals surface area contributed by atoms with Gasteiger partial charge in [-0.1, -0.05) is 31.2 Å². The number of carbonyl (C=O) groups excluding carboxylic acids is 1. The van der Waals surface area contributed by atoms with Gasteiger partial charge < -0.3 is 15.8 Å². The molecule has 0 aromatic heterocycles. The molecular weight excluding hydrogens is 228 g/mol. The van der Waals surface area contributed by atoms with Gasteiger partial charge in [0.25, 0.3) is 0 Å². The Labute approximate surface area is 109 Å². The molecule has 1 atom stereocenters. The van der Waals surface area contributed by atoms with E-state index in [-0.39, 0.29) is 5.91 Å². The Hall–Kier alpha value is -1.39. The molecule has 4 heteroatoms. The molecule has 0 fully saturated rings. The highest BCUT2D eigenvalue weighted by Gasteiger charge is 2.10. The molecule has 1 rings (SSSR count). The predicted molar refractivity (Wildman–Crippen MR) is 71.9 cm³/mol. The van der Waals surface area contributed by atoms with E-state index >= 15 is 0 Å². The fourth-order valence-electron chi connectivity index (χ4n) is 1.58. The lowest BCUT2D eigenvalue weighted by molar-refractivity contribution is -0.122. The molecule has 0 saturated heterocycles. The molecule has 1 amide bonds. The van der Waals surface area contributed by atoms with E-state index in [1.165, 1.54) is 0 Å². The highest BCUT2D eigenvalue weighted by molar-refractivity contribution is 5.81. The minimum absolute atomic E-state index is 0.108. The van der Waals surface area contributed by atoms with Crippen molar-refractivity contribution in [2.45, 2.75) is 39.5 Å². The Bertz CT molecular complexity index is 380. The molecule has 0 heterocycles. The maximum atomic E-state index is 11.6. The number of hydrogen-bond acceptors (Lipinski definition) is 3. The van der Waals surface area contributed by atoms with Crippen LogP contribution in [0.15, 0.2) is 24.3 Å². The number of rotatable bonds is 7. The van der Waals surface area contributed by atoms with Gasteiger partial charge in [-0.05, 0) is 24.5 Å². The largest absolute Gasteiger partial charge is 0.377 e. The molecule has 0 aliphatic carbocycles. The van der Waals surface area contributed by atoms with Crippen LogP contribution in [0.1, 0.15) is 31.4 Å². The van der Waals surface area contributed by atoms with Crippen molar-refractivity contribution >= 4 is 5.91 Å². The van der Waals surface area contributed by atoms with Crippen molar-refractivity contribution in [3.63, 3.8) is 0 Å². The second-order valence-corrected chi connectivity index (χ2v) is 4.14. The molecule has 0 unspecified atom stereocenters. The van der Waals surface area contributed by atoms with E-state index in [0.717, 1.165) is 11.1 Å². The summed E-state index contributed by atoms with van der Waals surface area (Å²) in [6.07, 6.45) is 0.645. The molecule has 1 aromatic rings. The summed E-state index contributed by atoms with van der Waals surface area (Å²) in [6.45, 7) is 5.61. The maximum absolute atomic E-state index is 11.6. The van der Waals surface area contributed by atoms with Crippen molar-refractivity contribution in [3.05, 3.63) is 35.4 Å². The Kier molecular flexibility index (Phi) is 6.39. The van der Waals surface area contributed by atoms with E-state index in [1.807, 2.05) is 38.1 Å². The van der Waals surface area contributed by atoms with Crippen LogP contribution in [0.4, 0.5) is 0 Å². The van der Waals surface area contributed by atoms with Crippen molar-refractivity contribution < 1.29 is 9.53 Å². The zero-order chi connectivity index (χ0) is 13.4. The normalized spacial score (nSPS) is 12.2. The second-order valence-electron chi connectivity index (χ2n) is 4.14. The summed E-state index contributed by atoms with van der Waals surface area (Å²) in [5.74, 6) is -0.108. The molecule has 0 aliphatic heterocycles. The highest BCUT2D eigenvalue weighted by Crippen LogP contribution is 2.10. The molecule has 4 nitrogen and oxygen atoms in total. The Morgan fingerprint density at radius 1 is 1.33 bits per heavy atom. The third-order valence-corrected chi connectivity index (χ3v) is 2.81. The number of benzene rings is 1. The molecule has 0 radical (unpaired) electrons. The summed E-state index contributed by atoms with van der Waals surface area (Å²) in [7, 11) is 0. The molecular formula is C14H22N2O2. The molecule has 0 aliphatic rings. The van der Waals surface area contributed by atoms with E-state index in [9.17, 15) is 4.79 Å². The fourth-order valence-corrected chi connectivity index (χ4v) is 1.58. The molecule has 0 saturated carbocycles. The van der Waals surface area contributed by atoms with Gasteiger partial charge in [-0.2, -0.15) is 0 Å². The van der Waals surface area contributed by atoms with Crippen LogP contribution in [0.3, 0.4) is 0 Å². The van der Waals surface area contributed by atoms with Crippen LogP contribution in [0.2, 0.25) is 0 Å². The van der Waals surface area contributed by atoms with Crippen LogP contribution in [-0.2, 0) is 22.7 Å². The number of nitrogens with two attached hydrogens (primary N) is 1. The monoisotopic (exact) mass is 250 g/mol. The van der Waals surface area contributed by atoms with Crippen LogP contribution in [0.25, 0.3) is 0 Å². The van der Waals surface area contributed by atoms with Crippen molar-refractivity contribution in [1.82, 2.24) is 5.32 Å². The van der Waals surface area contributed by atoms with Crippen LogP contribution < -0.4 is 11.1 Å². The van der Waals surface area contributed by atoms with Crippen LogP contribution >= 0.6 is 0 Å². The predicted octanol–water partition coefficient (Wildman–Crippen LogP) is 1.58. The molecule has 3 N–H and O–H groups in total. The fraction of sp³-hybridized carbons (Fsp3) is 0.500. The van der Waals surface area contributed by atoms with Crippen molar-refractivity contribution in [1.29, 1.82) is 0 Å². The Balaban J connectivity index is 2.58. The van der Waals surface area contributed by atoms with E-state index in [2.05, 4.69) is 5.32 Å². The average molecular weight is 250 g/mol. The summed E-state index contributed by atoms with van der Waals surface area (Å²) in [6, 6.07) is 7.50. The van der Waals surface area contributed by atoms with Crippen LogP contribution in [-0.4, -0.2) is 18.6 Å². The zero-order valence-corrected chi connectivity index (χ0v) is 11.1. The van der Waals surface area contributed by atoms with Gasteiger partial charge in [-0.3, -0.25) is 4.79 Å². The number of nitrogens with one attached hydrogen (secondary N) is 1. The first-order valence-electron chi connectivity index (χ1n) is 6.36. The van der Waals surface area contributed by atoms with Crippen LogP contribution in [0.5, 0.6) is 0 Å². The molecule has 0 bridgehead atoms. The van der Waals surface area contributed by atoms with Gasteiger partial charge >= 0.3 is 0 Å². The van der Waals surface area contributed by atoms with Gasteiger partial charge in [0.1, 0.15) is 0 Å². The Morgan fingerprint density at radius 2 is 2.00 bits per heavy atom. The average Bonchev–Trinajstić information content (AvgIpc) is 2.42. The number of hydrogen-bond donors (Lipinski definition) is 2. The third-order valence-electron chi connectivity index (χ3n) is 2.81. The number of carbonyl (C=O) groups is 1. The van der Waals surface area contributed by atoms with Gasteiger partial charge in [-0.15, -0.1) is 0 Å². The number of ether oxygens (including phenoxy) is 1. The van der Waals surface area contributed by atoms with Gasteiger partial charge in [0, 0.05) is 13.2 Å². The van der Waals surface area contributed by atoms with Crippen LogP contribution in [0, 0.1) is 0 Å². The maximum Gasteiger partial charge on any atom is 0.237 e. The smallest absolute Gasteiger partial charge is 0.237 e. The first kappa shape index (κ1) is 14.7. The third kappa shape index (κ3) is 4.47. The summed E-state index contributed by atoms with van der Waals surface area (Å²) in [5, 5.41) is 2.85. The topological polar surface area (TPSA) is 64.3 Å². The number of amides is 1. The summed E-state index contributed by atoms with van der Waals surface area (Å²) < 4.78 is 5.40. The van der Waals surface area contributed by atoms with Crippen molar-refractivity contribution in [2.24, 2.45) is 5.73 Å². The Morgan fingerprint density at radius 3 is 2.61 bits per heavy atom. The van der Waals surface area contributed by atoms with E-state index in [1.54, 1.807) is 0 Å². The van der Waals surface area contributed by atoms with E-state index in [4.69, 9.17) is 10.5 Å². The lowest BCUT2D eigenvalue weighted by Crippen LogP contribution is -2.39. The summed E-state index contributed by atoms with van der Waals surface area (Å²) in [4.78, 5) is 11.6. The van der Waals surface area contributed by atoms with Gasteiger partial charge in [0.2, 0.25) is 5.91 Å². The molecule has 18 heavy (non-hydrogen) atoms. The minimum atomic E-state index is -0.427. The highest BCUT2D eigenvalue weighted by atomic mass is 16.5. The van der Waals surface area contributed by atoms with Crippen molar-refractivity contribution in [2.75, 3.05) is 6.61 Å². The molecule has 0 spiro atoms. The zero-order valence-electron chi connectivity index (χ0n) is 11.1. The second kappa shape index (κ2) is 7.84. The lowest BCUT2D eigenvalue weighted by atomic mass is 10.1. The first-order valence-corrected chi connectivity index (χ1v) is 6.36. The van der Waals surface area contributed by atoms with E-state index < -0.39 is 6.04 Å². The minimum Gasteiger partial charge on any atom is -0.377 e. The van der Waals surface area contributed by atoms with Gasteiger partial charge in [0.15, 0.2) is 0 Å². The standard InChI is InChI=1S/C14H22N2O2/c1-3-13(15)14(17)16-9-11-7-5-6-8-12(11)10-18-4-2/h5-8,13H,3-4,9-10,15H2,1-2H3,(H,16,17)/t13-/m1/s1. The lowest BCUT2D eigenvalue weighted by Gasteiger charge is -2.13. The summed E-state index contributed by atoms with van der Waals surface area (Å²) in [5.41, 5.74) is 7.84. The van der Waals surface area contributed by atoms with Gasteiger partial charge in [0.05, 0.1) is 12.6 Å².